The number of amides is 1. The molecule has 0 bridgehead atoms. The molecule has 0 spiro atoms. The summed E-state index contributed by atoms with van der Waals surface area (Å²) in [5.74, 6) is 1.29. The van der Waals surface area contributed by atoms with Gasteiger partial charge in [-0.25, -0.2) is 0 Å². The van der Waals surface area contributed by atoms with Gasteiger partial charge in [0.05, 0.1) is 10.6 Å². The lowest BCUT2D eigenvalue weighted by Crippen LogP contribution is -2.13. The zero-order valence-electron chi connectivity index (χ0n) is 13.0. The summed E-state index contributed by atoms with van der Waals surface area (Å²) in [6.45, 7) is 0.817. The number of ether oxygens (including phenoxy) is 2. The summed E-state index contributed by atoms with van der Waals surface area (Å²) in [4.78, 5) is 12.8. The Balaban J connectivity index is 1.55. The minimum Gasteiger partial charge on any atom is -0.490 e. The van der Waals surface area contributed by atoms with E-state index in [1.54, 1.807) is 6.07 Å². The number of anilines is 1. The number of carbonyl (C=O) groups excluding carboxylic acids is 1. The second-order valence-corrected chi connectivity index (χ2v) is 5.89. The monoisotopic (exact) mass is 339 g/mol. The van der Waals surface area contributed by atoms with Crippen LogP contribution in [-0.4, -0.2) is 19.1 Å². The molecule has 1 N–H and O–H groups in total. The number of para-hydroxylation sites is 3. The molecule has 3 aromatic rings. The van der Waals surface area contributed by atoms with Crippen LogP contribution in [0, 0.1) is 0 Å². The molecule has 5 heteroatoms. The number of nitrogens with one attached hydrogen (secondary N) is 1. The van der Waals surface area contributed by atoms with Crippen LogP contribution < -0.4 is 14.8 Å². The molecule has 0 radical (unpaired) electrons. The molecular weight excluding hydrogens is 322 g/mol. The molecule has 24 heavy (non-hydrogen) atoms. The number of carbonyl (C=O) groups is 1. The van der Waals surface area contributed by atoms with Crippen LogP contribution in [0.2, 0.25) is 0 Å². The van der Waals surface area contributed by atoms with E-state index in [1.165, 1.54) is 11.3 Å². The largest absolute Gasteiger partial charge is 0.490 e. The van der Waals surface area contributed by atoms with Gasteiger partial charge in [0.2, 0.25) is 0 Å². The third-order valence-corrected chi connectivity index (χ3v) is 4.10. The number of benzene rings is 2. The van der Waals surface area contributed by atoms with Crippen molar-refractivity contribution in [1.29, 1.82) is 0 Å². The van der Waals surface area contributed by atoms with Gasteiger partial charge in [0.25, 0.3) is 5.91 Å². The lowest BCUT2D eigenvalue weighted by molar-refractivity contribution is 0.103. The zero-order valence-corrected chi connectivity index (χ0v) is 13.8. The van der Waals surface area contributed by atoms with Gasteiger partial charge >= 0.3 is 0 Å². The predicted molar refractivity (Wildman–Crippen MR) is 96.1 cm³/mol. The molecule has 0 atom stereocenters. The molecule has 1 heterocycles. The molecule has 2 aromatic carbocycles. The Morgan fingerprint density at radius 3 is 2.42 bits per heavy atom. The Labute approximate surface area is 144 Å². The number of rotatable bonds is 7. The van der Waals surface area contributed by atoms with Crippen molar-refractivity contribution < 1.29 is 14.3 Å². The van der Waals surface area contributed by atoms with Crippen LogP contribution in [0.15, 0.2) is 72.1 Å². The SMILES string of the molecule is O=C(Nc1ccccc1OCCOc1ccccc1)c1cccs1. The first-order valence-corrected chi connectivity index (χ1v) is 8.45. The van der Waals surface area contributed by atoms with Gasteiger partial charge in [0.1, 0.15) is 24.7 Å². The van der Waals surface area contributed by atoms with Gasteiger partial charge in [-0.1, -0.05) is 36.4 Å². The maximum Gasteiger partial charge on any atom is 0.265 e. The highest BCUT2D eigenvalue weighted by molar-refractivity contribution is 7.12. The number of hydrogen-bond acceptors (Lipinski definition) is 4. The van der Waals surface area contributed by atoms with E-state index in [-0.39, 0.29) is 5.91 Å². The first-order valence-electron chi connectivity index (χ1n) is 7.57. The Morgan fingerprint density at radius 1 is 0.875 bits per heavy atom. The highest BCUT2D eigenvalue weighted by Crippen LogP contribution is 2.25. The smallest absolute Gasteiger partial charge is 0.265 e. The van der Waals surface area contributed by atoms with Crippen LogP contribution in [0.25, 0.3) is 0 Å². The molecule has 0 saturated carbocycles. The zero-order chi connectivity index (χ0) is 16.6. The second-order valence-electron chi connectivity index (χ2n) is 4.94. The maximum absolute atomic E-state index is 12.2. The first kappa shape index (κ1) is 16.1. The van der Waals surface area contributed by atoms with Crippen molar-refractivity contribution in [3.05, 3.63) is 77.0 Å². The summed E-state index contributed by atoms with van der Waals surface area (Å²) in [6.07, 6.45) is 0. The van der Waals surface area contributed by atoms with Gasteiger partial charge in [0, 0.05) is 0 Å². The van der Waals surface area contributed by atoms with Crippen molar-refractivity contribution in [1.82, 2.24) is 0 Å². The van der Waals surface area contributed by atoms with Gasteiger partial charge in [-0.15, -0.1) is 11.3 Å². The molecule has 3 rings (SSSR count). The van der Waals surface area contributed by atoms with Crippen molar-refractivity contribution >= 4 is 22.9 Å². The van der Waals surface area contributed by atoms with Crippen molar-refractivity contribution in [2.75, 3.05) is 18.5 Å². The van der Waals surface area contributed by atoms with Crippen LogP contribution in [0.5, 0.6) is 11.5 Å². The van der Waals surface area contributed by atoms with E-state index in [2.05, 4.69) is 5.32 Å². The summed E-state index contributed by atoms with van der Waals surface area (Å²) in [5.41, 5.74) is 0.649. The topological polar surface area (TPSA) is 47.6 Å². The second kappa shape index (κ2) is 8.17. The van der Waals surface area contributed by atoms with E-state index >= 15 is 0 Å². The fourth-order valence-corrected chi connectivity index (χ4v) is 2.73. The highest BCUT2D eigenvalue weighted by atomic mass is 32.1. The van der Waals surface area contributed by atoms with E-state index in [0.717, 1.165) is 5.75 Å². The van der Waals surface area contributed by atoms with E-state index in [0.29, 0.717) is 29.5 Å². The summed E-state index contributed by atoms with van der Waals surface area (Å²) >= 11 is 1.40. The fourth-order valence-electron chi connectivity index (χ4n) is 2.12. The Kier molecular flexibility index (Phi) is 5.48. The molecule has 0 unspecified atom stereocenters. The van der Waals surface area contributed by atoms with Crippen LogP contribution in [-0.2, 0) is 0 Å². The van der Waals surface area contributed by atoms with Gasteiger partial charge in [-0.05, 0) is 35.7 Å². The average Bonchev–Trinajstić information content (AvgIpc) is 3.16. The van der Waals surface area contributed by atoms with Crippen molar-refractivity contribution in [3.63, 3.8) is 0 Å². The lowest BCUT2D eigenvalue weighted by Gasteiger charge is -2.12. The van der Waals surface area contributed by atoms with Crippen molar-refractivity contribution in [2.45, 2.75) is 0 Å². The van der Waals surface area contributed by atoms with E-state index in [1.807, 2.05) is 66.0 Å². The third-order valence-electron chi connectivity index (χ3n) is 3.23. The predicted octanol–water partition coefficient (Wildman–Crippen LogP) is 4.46. The molecule has 1 amide bonds. The summed E-state index contributed by atoms with van der Waals surface area (Å²) < 4.78 is 11.3. The molecule has 0 aliphatic rings. The van der Waals surface area contributed by atoms with Gasteiger partial charge in [-0.3, -0.25) is 4.79 Å². The van der Waals surface area contributed by atoms with Crippen molar-refractivity contribution in [2.24, 2.45) is 0 Å². The average molecular weight is 339 g/mol. The first-order chi connectivity index (χ1) is 11.8. The quantitative estimate of drug-likeness (QED) is 0.647. The highest BCUT2D eigenvalue weighted by Gasteiger charge is 2.10. The fraction of sp³-hybridized carbons (Fsp3) is 0.105. The molecule has 1 aromatic heterocycles. The van der Waals surface area contributed by atoms with Gasteiger partial charge < -0.3 is 14.8 Å². The number of hydrogen-bond donors (Lipinski definition) is 1. The van der Waals surface area contributed by atoms with E-state index < -0.39 is 0 Å². The Hall–Kier alpha value is -2.79. The molecule has 0 saturated heterocycles. The van der Waals surface area contributed by atoms with E-state index in [9.17, 15) is 4.79 Å². The van der Waals surface area contributed by atoms with E-state index in [4.69, 9.17) is 9.47 Å². The molecule has 4 nitrogen and oxygen atoms in total. The summed E-state index contributed by atoms with van der Waals surface area (Å²) in [6, 6.07) is 20.6. The molecule has 122 valence electrons. The minimum atomic E-state index is -0.137. The summed E-state index contributed by atoms with van der Waals surface area (Å²) in [7, 11) is 0. The third kappa shape index (κ3) is 4.36. The molecule has 0 fully saturated rings. The van der Waals surface area contributed by atoms with Crippen molar-refractivity contribution in [3.8, 4) is 11.5 Å². The van der Waals surface area contributed by atoms with Gasteiger partial charge in [-0.2, -0.15) is 0 Å². The van der Waals surface area contributed by atoms with Crippen LogP contribution in [0.3, 0.4) is 0 Å². The molecular formula is C19H17NO3S. The van der Waals surface area contributed by atoms with Gasteiger partial charge in [0.15, 0.2) is 0 Å². The minimum absolute atomic E-state index is 0.137. The molecule has 0 aliphatic carbocycles. The Bertz CT molecular complexity index is 772. The Morgan fingerprint density at radius 2 is 1.62 bits per heavy atom. The molecule has 0 aliphatic heterocycles. The van der Waals surface area contributed by atoms with Crippen LogP contribution in [0.4, 0.5) is 5.69 Å². The standard InChI is InChI=1S/C19H17NO3S/c21-19(18-11-6-14-24-18)20-16-9-4-5-10-17(16)23-13-12-22-15-7-2-1-3-8-15/h1-11,14H,12-13H2,(H,20,21). The summed E-state index contributed by atoms with van der Waals surface area (Å²) in [5, 5.41) is 4.75. The van der Waals surface area contributed by atoms with Crippen LogP contribution >= 0.6 is 11.3 Å². The van der Waals surface area contributed by atoms with Crippen LogP contribution in [0.1, 0.15) is 9.67 Å². The maximum atomic E-state index is 12.2. The normalized spacial score (nSPS) is 10.2. The lowest BCUT2D eigenvalue weighted by atomic mass is 10.3. The number of thiophene rings is 1.